The van der Waals surface area contributed by atoms with Crippen molar-refractivity contribution in [3.63, 3.8) is 0 Å². The van der Waals surface area contributed by atoms with Crippen molar-refractivity contribution in [2.75, 3.05) is 5.01 Å². The average molecular weight is 336 g/mol. The molecule has 0 aliphatic heterocycles. The quantitative estimate of drug-likeness (QED) is 0.247. The Morgan fingerprint density at radius 1 is 0.880 bits per heavy atom. The highest BCUT2D eigenvalue weighted by atomic mass is 16.3. The van der Waals surface area contributed by atoms with Crippen molar-refractivity contribution in [1.29, 1.82) is 0 Å². The fourth-order valence-corrected chi connectivity index (χ4v) is 2.65. The summed E-state index contributed by atoms with van der Waals surface area (Å²) >= 11 is 0. The maximum atomic E-state index is 9.95. The summed E-state index contributed by atoms with van der Waals surface area (Å²) < 4.78 is 0. The SMILES string of the molecule is C=CCCCC(O)CCC/C=N/N(c1ccccc1)c1ccccc1. The van der Waals surface area contributed by atoms with Crippen LogP contribution in [0.3, 0.4) is 0 Å². The van der Waals surface area contributed by atoms with Crippen molar-refractivity contribution >= 4 is 17.6 Å². The predicted octanol–water partition coefficient (Wildman–Crippen LogP) is 5.70. The molecule has 0 aliphatic carbocycles. The van der Waals surface area contributed by atoms with Crippen molar-refractivity contribution < 1.29 is 5.11 Å². The molecule has 0 saturated heterocycles. The fraction of sp³-hybridized carbons (Fsp3) is 0.318. The second-order valence-corrected chi connectivity index (χ2v) is 6.09. The number of allylic oxidation sites excluding steroid dienone is 1. The highest BCUT2D eigenvalue weighted by molar-refractivity contribution is 5.67. The van der Waals surface area contributed by atoms with Crippen LogP contribution in [0, 0.1) is 0 Å². The molecule has 0 fully saturated rings. The fourth-order valence-electron chi connectivity index (χ4n) is 2.65. The van der Waals surface area contributed by atoms with Gasteiger partial charge in [-0.05, 0) is 62.8 Å². The third-order valence-corrected chi connectivity index (χ3v) is 4.01. The van der Waals surface area contributed by atoms with Crippen molar-refractivity contribution in [3.8, 4) is 0 Å². The number of hydrogen-bond acceptors (Lipinski definition) is 3. The summed E-state index contributed by atoms with van der Waals surface area (Å²) in [5, 5.41) is 16.5. The molecule has 3 heteroatoms. The Kier molecular flexibility index (Phi) is 8.50. The monoisotopic (exact) mass is 336 g/mol. The number of para-hydroxylation sites is 2. The van der Waals surface area contributed by atoms with E-state index in [1.165, 1.54) is 0 Å². The summed E-state index contributed by atoms with van der Waals surface area (Å²) in [6.07, 6.45) is 9.08. The van der Waals surface area contributed by atoms with E-state index >= 15 is 0 Å². The van der Waals surface area contributed by atoms with Gasteiger partial charge in [-0.15, -0.1) is 6.58 Å². The lowest BCUT2D eigenvalue weighted by molar-refractivity contribution is 0.150. The van der Waals surface area contributed by atoms with Crippen molar-refractivity contribution in [3.05, 3.63) is 73.3 Å². The van der Waals surface area contributed by atoms with Gasteiger partial charge in [-0.1, -0.05) is 42.5 Å². The van der Waals surface area contributed by atoms with Gasteiger partial charge in [0.2, 0.25) is 0 Å². The summed E-state index contributed by atoms with van der Waals surface area (Å²) in [6.45, 7) is 3.71. The Labute approximate surface area is 151 Å². The van der Waals surface area contributed by atoms with Crippen LogP contribution in [-0.4, -0.2) is 17.4 Å². The number of hydrogen-bond donors (Lipinski definition) is 1. The molecule has 3 nitrogen and oxygen atoms in total. The lowest BCUT2D eigenvalue weighted by Crippen LogP contribution is -2.09. The summed E-state index contributed by atoms with van der Waals surface area (Å²) in [5.41, 5.74) is 2.07. The number of benzene rings is 2. The van der Waals surface area contributed by atoms with Gasteiger partial charge in [0.15, 0.2) is 0 Å². The van der Waals surface area contributed by atoms with Crippen LogP contribution in [0.2, 0.25) is 0 Å². The molecule has 0 aromatic heterocycles. The van der Waals surface area contributed by atoms with E-state index in [0.717, 1.165) is 49.9 Å². The van der Waals surface area contributed by atoms with Crippen LogP contribution < -0.4 is 5.01 Å². The molecule has 132 valence electrons. The Bertz CT molecular complexity index is 585. The molecule has 2 rings (SSSR count). The first-order valence-corrected chi connectivity index (χ1v) is 9.03. The van der Waals surface area contributed by atoms with Gasteiger partial charge < -0.3 is 5.11 Å². The molecule has 0 spiro atoms. The standard InChI is InChI=1S/C22H28N2O/c1-2-3-6-17-22(25)18-11-12-19-23-24(20-13-7-4-8-14-20)21-15-9-5-10-16-21/h2,4-5,7-10,13-16,19,22,25H,1,3,6,11-12,17-18H2/b23-19+. The number of rotatable bonds is 11. The minimum absolute atomic E-state index is 0.215. The van der Waals surface area contributed by atoms with Gasteiger partial charge in [0, 0.05) is 6.21 Å². The molecule has 1 atom stereocenters. The van der Waals surface area contributed by atoms with E-state index in [9.17, 15) is 5.11 Å². The second kappa shape index (κ2) is 11.2. The zero-order chi connectivity index (χ0) is 17.7. The molecular formula is C22H28N2O. The molecule has 1 unspecified atom stereocenters. The van der Waals surface area contributed by atoms with Gasteiger partial charge in [0.25, 0.3) is 0 Å². The maximum absolute atomic E-state index is 9.95. The minimum Gasteiger partial charge on any atom is -0.393 e. The van der Waals surface area contributed by atoms with Crippen LogP contribution in [0.15, 0.2) is 78.4 Å². The first-order chi connectivity index (χ1) is 12.3. The van der Waals surface area contributed by atoms with Crippen LogP contribution in [0.4, 0.5) is 11.4 Å². The number of anilines is 2. The van der Waals surface area contributed by atoms with E-state index < -0.39 is 0 Å². The summed E-state index contributed by atoms with van der Waals surface area (Å²) in [7, 11) is 0. The van der Waals surface area contributed by atoms with Crippen LogP contribution >= 0.6 is 0 Å². The number of unbranched alkanes of at least 4 members (excludes halogenated alkanes) is 2. The molecule has 0 bridgehead atoms. The van der Waals surface area contributed by atoms with E-state index in [1.54, 1.807) is 0 Å². The maximum Gasteiger partial charge on any atom is 0.0652 e. The highest BCUT2D eigenvalue weighted by Crippen LogP contribution is 2.25. The number of nitrogens with zero attached hydrogens (tertiary/aromatic N) is 2. The van der Waals surface area contributed by atoms with Crippen molar-refractivity contribution in [1.82, 2.24) is 0 Å². The number of aliphatic hydroxyl groups is 1. The van der Waals surface area contributed by atoms with Gasteiger partial charge in [-0.25, -0.2) is 5.01 Å². The van der Waals surface area contributed by atoms with Crippen LogP contribution in [0.5, 0.6) is 0 Å². The number of aliphatic hydroxyl groups excluding tert-OH is 1. The van der Waals surface area contributed by atoms with E-state index in [2.05, 4.69) is 11.7 Å². The highest BCUT2D eigenvalue weighted by Gasteiger charge is 2.06. The summed E-state index contributed by atoms with van der Waals surface area (Å²) in [5.74, 6) is 0. The van der Waals surface area contributed by atoms with Gasteiger partial charge in [-0.2, -0.15) is 5.10 Å². The molecule has 0 aliphatic rings. The molecule has 0 radical (unpaired) electrons. The first kappa shape index (κ1) is 18.9. The van der Waals surface area contributed by atoms with Gasteiger partial charge in [-0.3, -0.25) is 0 Å². The topological polar surface area (TPSA) is 35.8 Å². The Hall–Kier alpha value is -2.39. The smallest absolute Gasteiger partial charge is 0.0652 e. The summed E-state index contributed by atoms with van der Waals surface area (Å²) in [4.78, 5) is 0. The van der Waals surface area contributed by atoms with Crippen molar-refractivity contribution in [2.45, 2.75) is 44.6 Å². The molecule has 1 N–H and O–H groups in total. The predicted molar refractivity (Wildman–Crippen MR) is 107 cm³/mol. The van der Waals surface area contributed by atoms with Gasteiger partial charge in [0.05, 0.1) is 17.5 Å². The lowest BCUT2D eigenvalue weighted by atomic mass is 10.1. The van der Waals surface area contributed by atoms with E-state index in [-0.39, 0.29) is 6.10 Å². The van der Waals surface area contributed by atoms with Crippen LogP contribution in [0.25, 0.3) is 0 Å². The van der Waals surface area contributed by atoms with E-state index in [1.807, 2.05) is 78.0 Å². The zero-order valence-electron chi connectivity index (χ0n) is 14.8. The largest absolute Gasteiger partial charge is 0.393 e. The van der Waals surface area contributed by atoms with E-state index in [4.69, 9.17) is 0 Å². The van der Waals surface area contributed by atoms with Crippen LogP contribution in [0.1, 0.15) is 38.5 Å². The number of hydrazone groups is 1. The van der Waals surface area contributed by atoms with Gasteiger partial charge >= 0.3 is 0 Å². The normalized spacial score (nSPS) is 12.2. The van der Waals surface area contributed by atoms with E-state index in [0.29, 0.717) is 0 Å². The lowest BCUT2D eigenvalue weighted by Gasteiger charge is -2.19. The molecular weight excluding hydrogens is 308 g/mol. The first-order valence-electron chi connectivity index (χ1n) is 9.03. The van der Waals surface area contributed by atoms with Crippen molar-refractivity contribution in [2.24, 2.45) is 5.10 Å². The zero-order valence-corrected chi connectivity index (χ0v) is 14.8. The Morgan fingerprint density at radius 2 is 1.40 bits per heavy atom. The second-order valence-electron chi connectivity index (χ2n) is 6.09. The van der Waals surface area contributed by atoms with Crippen LogP contribution in [-0.2, 0) is 0 Å². The minimum atomic E-state index is -0.215. The Balaban J connectivity index is 1.87. The average Bonchev–Trinajstić information content (AvgIpc) is 2.66. The molecule has 0 heterocycles. The summed E-state index contributed by atoms with van der Waals surface area (Å²) in [6, 6.07) is 20.3. The third-order valence-electron chi connectivity index (χ3n) is 4.01. The third kappa shape index (κ3) is 6.94. The Morgan fingerprint density at radius 3 is 1.92 bits per heavy atom. The molecule has 0 amide bonds. The molecule has 2 aromatic rings. The molecule has 2 aromatic carbocycles. The molecule has 25 heavy (non-hydrogen) atoms. The van der Waals surface area contributed by atoms with Gasteiger partial charge in [0.1, 0.15) is 0 Å². The molecule has 0 saturated carbocycles.